The Morgan fingerprint density at radius 1 is 0.675 bits per heavy atom. The van der Waals surface area contributed by atoms with E-state index < -0.39 is 90.4 Å². The number of aromatic nitrogens is 1. The third-order valence-corrected chi connectivity index (χ3v) is 14.8. The summed E-state index contributed by atoms with van der Waals surface area (Å²) in [6.45, 7) is 4.38. The van der Waals surface area contributed by atoms with E-state index in [0.717, 1.165) is 27.2 Å². The van der Waals surface area contributed by atoms with Crippen molar-refractivity contribution < 1.29 is 53.3 Å². The molecule has 5 aromatic rings. The SMILES string of the molecule is CNC(=O)[C@@H]1CCCN1C(=O)[C@H](CCCN=C(N)N)NC(=O)[C@H](CC(C)C)NC(=O)[C@@H](Cc1c[nH]c2ccccc12)NC(=O)[C@H](Cc1ccc(O)cc1)NC(=O)[C@H](CO)NC(=O)[C@H](Cc1cccc2ccccc12)NC(=O)N1CCOCC1. The van der Waals surface area contributed by atoms with Crippen LogP contribution in [0.1, 0.15) is 62.6 Å². The van der Waals surface area contributed by atoms with Gasteiger partial charge in [0, 0.05) is 69.6 Å². The molecule has 24 heteroatoms. The third-order valence-electron chi connectivity index (χ3n) is 14.8. The van der Waals surface area contributed by atoms with Crippen LogP contribution in [-0.4, -0.2) is 174 Å². The molecule has 0 saturated carbocycles. The maximum atomic E-state index is 14.9. The number of aromatic amines is 1. The van der Waals surface area contributed by atoms with Crippen LogP contribution in [0.15, 0.2) is 102 Å². The van der Waals surface area contributed by atoms with Gasteiger partial charge in [0.2, 0.25) is 41.4 Å². The average Bonchev–Trinajstić information content (AvgIpc) is 4.25. The molecule has 0 spiro atoms. The number of aliphatic hydroxyl groups excluding tert-OH is 1. The lowest BCUT2D eigenvalue weighted by molar-refractivity contribution is -0.142. The number of nitrogens with two attached hydrogens (primary N) is 2. The molecule has 2 fully saturated rings. The number of nitrogens with one attached hydrogen (secondary N) is 8. The van der Waals surface area contributed by atoms with Crippen molar-refractivity contribution in [1.29, 1.82) is 0 Å². The third kappa shape index (κ3) is 17.1. The number of carbonyl (C=O) groups excluding carboxylic acids is 8. The molecular formula is C59H77N13O11. The maximum Gasteiger partial charge on any atom is 0.318 e. The maximum absolute atomic E-state index is 14.9. The minimum atomic E-state index is -1.66. The van der Waals surface area contributed by atoms with Gasteiger partial charge < -0.3 is 78.4 Å². The van der Waals surface area contributed by atoms with Gasteiger partial charge in [-0.05, 0) is 83.7 Å². The van der Waals surface area contributed by atoms with Crippen molar-refractivity contribution in [1.82, 2.24) is 52.0 Å². The number of amides is 9. The van der Waals surface area contributed by atoms with Gasteiger partial charge in [0.05, 0.1) is 19.8 Å². The monoisotopic (exact) mass is 1140 g/mol. The molecule has 24 nitrogen and oxygen atoms in total. The number of hydrogen-bond donors (Lipinski definition) is 12. The Morgan fingerprint density at radius 2 is 1.25 bits per heavy atom. The van der Waals surface area contributed by atoms with Crippen LogP contribution in [0.5, 0.6) is 5.75 Å². The minimum Gasteiger partial charge on any atom is -0.508 e. The molecule has 0 aliphatic carbocycles. The number of phenolic OH excluding ortho intramolecular Hbond substituents is 1. The molecule has 9 amide bonds. The van der Waals surface area contributed by atoms with E-state index in [1.54, 1.807) is 6.20 Å². The van der Waals surface area contributed by atoms with Gasteiger partial charge in [-0.3, -0.25) is 38.6 Å². The average molecular weight is 1140 g/mol. The molecule has 2 aliphatic rings. The lowest BCUT2D eigenvalue weighted by atomic mass is 9.98. The molecule has 14 N–H and O–H groups in total. The Kier molecular flexibility index (Phi) is 22.2. The molecule has 7 rings (SSSR count). The fraction of sp³-hybridized carbons (Fsp3) is 0.441. The number of aliphatic hydroxyl groups is 1. The molecular weight excluding hydrogens is 1070 g/mol. The molecule has 7 atom stereocenters. The number of morpholine rings is 1. The van der Waals surface area contributed by atoms with Crippen LogP contribution in [0.25, 0.3) is 21.7 Å². The number of para-hydroxylation sites is 1. The van der Waals surface area contributed by atoms with Gasteiger partial charge in [-0.2, -0.15) is 0 Å². The second-order valence-electron chi connectivity index (χ2n) is 21.2. The van der Waals surface area contributed by atoms with Crippen LogP contribution in [0.2, 0.25) is 0 Å². The van der Waals surface area contributed by atoms with Crippen LogP contribution in [0, 0.1) is 5.92 Å². The highest BCUT2D eigenvalue weighted by atomic mass is 16.5. The van der Waals surface area contributed by atoms with Crippen molar-refractivity contribution >= 4 is 75.0 Å². The summed E-state index contributed by atoms with van der Waals surface area (Å²) in [6.07, 6.45) is 2.83. The van der Waals surface area contributed by atoms with E-state index in [1.165, 1.54) is 41.1 Å². The number of benzene rings is 4. The molecule has 0 unspecified atom stereocenters. The first-order chi connectivity index (χ1) is 39.9. The number of hydrogen-bond acceptors (Lipinski definition) is 12. The summed E-state index contributed by atoms with van der Waals surface area (Å²) in [5.41, 5.74) is 13.7. The topological polar surface area (TPSA) is 357 Å². The van der Waals surface area contributed by atoms with Crippen molar-refractivity contribution in [2.75, 3.05) is 53.0 Å². The zero-order chi connectivity index (χ0) is 59.6. The van der Waals surface area contributed by atoms with Crippen molar-refractivity contribution in [2.24, 2.45) is 22.4 Å². The van der Waals surface area contributed by atoms with Gasteiger partial charge in [0.1, 0.15) is 48.0 Å². The number of phenols is 1. The number of fused-ring (bicyclic) bond motifs is 2. The molecule has 444 valence electrons. The van der Waals surface area contributed by atoms with Gasteiger partial charge in [-0.25, -0.2) is 4.79 Å². The number of H-pyrrole nitrogens is 1. The molecule has 4 aromatic carbocycles. The molecule has 0 radical (unpaired) electrons. The van der Waals surface area contributed by atoms with Gasteiger partial charge in [-0.1, -0.05) is 86.6 Å². The minimum absolute atomic E-state index is 0.00599. The normalized spacial score (nSPS) is 16.4. The predicted molar refractivity (Wildman–Crippen MR) is 311 cm³/mol. The van der Waals surface area contributed by atoms with Gasteiger partial charge in [0.25, 0.3) is 0 Å². The Bertz CT molecular complexity index is 3100. The second-order valence-corrected chi connectivity index (χ2v) is 21.2. The molecule has 83 heavy (non-hydrogen) atoms. The first-order valence-corrected chi connectivity index (χ1v) is 28.1. The first-order valence-electron chi connectivity index (χ1n) is 28.1. The summed E-state index contributed by atoms with van der Waals surface area (Å²) < 4.78 is 5.42. The van der Waals surface area contributed by atoms with E-state index in [4.69, 9.17) is 16.2 Å². The van der Waals surface area contributed by atoms with Crippen LogP contribution < -0.4 is 48.7 Å². The highest BCUT2D eigenvalue weighted by Gasteiger charge is 2.39. The fourth-order valence-electron chi connectivity index (χ4n) is 10.4. The van der Waals surface area contributed by atoms with Crippen molar-refractivity contribution in [3.05, 3.63) is 114 Å². The smallest absolute Gasteiger partial charge is 0.318 e. The quantitative estimate of drug-likeness (QED) is 0.0207. The second kappa shape index (κ2) is 29.8. The summed E-state index contributed by atoms with van der Waals surface area (Å²) in [6, 6.07) is 16.8. The summed E-state index contributed by atoms with van der Waals surface area (Å²) in [5, 5.41) is 42.6. The number of urea groups is 1. The van der Waals surface area contributed by atoms with Crippen LogP contribution in [0.4, 0.5) is 4.79 Å². The van der Waals surface area contributed by atoms with Crippen molar-refractivity contribution in [2.45, 2.75) is 108 Å². The van der Waals surface area contributed by atoms with E-state index in [-0.39, 0.29) is 88.2 Å². The van der Waals surface area contributed by atoms with Gasteiger partial charge in [0.15, 0.2) is 5.96 Å². The van der Waals surface area contributed by atoms with E-state index in [1.807, 2.05) is 80.6 Å². The Hall–Kier alpha value is -8.77. The standard InChI is InChI=1S/C59H77N13O11/c1-35(2)29-45(51(75)65-44(17-9-23-63-58(60)61)57(81)72-24-10-18-50(72)56(80)62-3)66-53(77)47(32-39-33-64-43-16-7-6-15-42(39)43)68-52(76)46(30-36-19-21-40(74)22-20-36)67-55(79)49(34-73)69-54(78)48(70-59(82)71-25-27-83-28-26-71)31-38-13-8-12-37-11-4-5-14-41(37)38/h4-8,11-16,19-22,33,35,44-50,64,73-74H,9-10,17-18,23-32,34H2,1-3H3,(H,62,80)(H,65,75)(H,66,77)(H,67,79)(H,68,76)(H,69,78)(H,70,82)(H4,60,61,63)/t44-,45-,46-,47+,48-,49-,50-/m0/s1. The Morgan fingerprint density at radius 3 is 1.93 bits per heavy atom. The predicted octanol–water partition coefficient (Wildman–Crippen LogP) is 0.718. The molecule has 0 bridgehead atoms. The van der Waals surface area contributed by atoms with Gasteiger partial charge >= 0.3 is 6.03 Å². The number of aromatic hydroxyl groups is 1. The highest BCUT2D eigenvalue weighted by Crippen LogP contribution is 2.24. The summed E-state index contributed by atoms with van der Waals surface area (Å²) in [5.74, 6) is -5.36. The van der Waals surface area contributed by atoms with Crippen molar-refractivity contribution in [3.63, 3.8) is 0 Å². The Labute approximate surface area is 481 Å². The largest absolute Gasteiger partial charge is 0.508 e. The van der Waals surface area contributed by atoms with Gasteiger partial charge in [-0.15, -0.1) is 0 Å². The number of nitrogens with zero attached hydrogens (tertiary/aromatic N) is 3. The molecule has 1 aromatic heterocycles. The number of likely N-dealkylation sites (N-methyl/N-ethyl adjacent to an activating group) is 1. The zero-order valence-electron chi connectivity index (χ0n) is 47.0. The molecule has 2 aliphatic heterocycles. The lowest BCUT2D eigenvalue weighted by Gasteiger charge is -2.30. The summed E-state index contributed by atoms with van der Waals surface area (Å²) >= 11 is 0. The summed E-state index contributed by atoms with van der Waals surface area (Å²) in [7, 11) is 1.48. The van der Waals surface area contributed by atoms with E-state index in [2.05, 4.69) is 47.2 Å². The molecule has 2 saturated heterocycles. The first kappa shape index (κ1) is 61.8. The number of rotatable bonds is 26. The van der Waals surface area contributed by atoms with E-state index in [9.17, 15) is 48.6 Å². The number of ether oxygens (including phenoxy) is 1. The Balaban J connectivity index is 1.15. The number of likely N-dealkylation sites (tertiary alicyclic amines) is 1. The van der Waals surface area contributed by atoms with Crippen LogP contribution in [-0.2, 0) is 57.6 Å². The highest BCUT2D eigenvalue weighted by molar-refractivity contribution is 5.99. The number of guanidine groups is 1. The fourth-order valence-corrected chi connectivity index (χ4v) is 10.4. The summed E-state index contributed by atoms with van der Waals surface area (Å²) in [4.78, 5) is 124. The van der Waals surface area contributed by atoms with Crippen molar-refractivity contribution in [3.8, 4) is 5.75 Å². The lowest BCUT2D eigenvalue weighted by Crippen LogP contribution is -2.61. The number of aliphatic imine (C=N–C) groups is 1. The van der Waals surface area contributed by atoms with E-state index in [0.29, 0.717) is 37.2 Å². The zero-order valence-corrected chi connectivity index (χ0v) is 47.0. The molecule has 3 heterocycles. The number of carbonyl (C=O) groups is 8. The van der Waals surface area contributed by atoms with Crippen LogP contribution in [0.3, 0.4) is 0 Å². The van der Waals surface area contributed by atoms with Crippen LogP contribution >= 0.6 is 0 Å². The van der Waals surface area contributed by atoms with E-state index >= 15 is 0 Å².